The van der Waals surface area contributed by atoms with Crippen LogP contribution in [0.4, 0.5) is 5.82 Å². The molecule has 2 N–H and O–H groups in total. The van der Waals surface area contributed by atoms with Crippen molar-refractivity contribution in [3.8, 4) is 0 Å². The monoisotopic (exact) mass is 353 g/mol. The fourth-order valence-electron chi connectivity index (χ4n) is 2.77. The van der Waals surface area contributed by atoms with Crippen LogP contribution in [-0.2, 0) is 6.54 Å². The SMILES string of the molecule is O=c1ccn(CCCNc2ncnc3sc4ccccc4c23)c(=O)[nH]1. The minimum Gasteiger partial charge on any atom is -0.369 e. The van der Waals surface area contributed by atoms with Gasteiger partial charge in [-0.25, -0.2) is 14.8 Å². The topological polar surface area (TPSA) is 92.7 Å². The zero-order valence-corrected chi connectivity index (χ0v) is 14.0. The predicted molar refractivity (Wildman–Crippen MR) is 99.4 cm³/mol. The number of anilines is 1. The number of aromatic nitrogens is 4. The van der Waals surface area contributed by atoms with Gasteiger partial charge in [0.15, 0.2) is 0 Å². The number of aromatic amines is 1. The van der Waals surface area contributed by atoms with Gasteiger partial charge in [0, 0.05) is 35.4 Å². The Kier molecular flexibility index (Phi) is 4.02. The third kappa shape index (κ3) is 3.03. The molecule has 0 fully saturated rings. The van der Waals surface area contributed by atoms with E-state index in [0.717, 1.165) is 27.8 Å². The number of hydrogen-bond acceptors (Lipinski definition) is 6. The number of H-pyrrole nitrogens is 1. The van der Waals surface area contributed by atoms with Crippen LogP contribution in [0.2, 0.25) is 0 Å². The molecule has 0 spiro atoms. The van der Waals surface area contributed by atoms with Crippen molar-refractivity contribution < 1.29 is 0 Å². The summed E-state index contributed by atoms with van der Waals surface area (Å²) < 4.78 is 2.67. The highest BCUT2D eigenvalue weighted by Gasteiger charge is 2.10. The molecule has 25 heavy (non-hydrogen) atoms. The molecule has 0 aliphatic rings. The van der Waals surface area contributed by atoms with Gasteiger partial charge >= 0.3 is 5.69 Å². The van der Waals surface area contributed by atoms with Crippen LogP contribution >= 0.6 is 11.3 Å². The Morgan fingerprint density at radius 1 is 1.16 bits per heavy atom. The Hall–Kier alpha value is -3.00. The highest BCUT2D eigenvalue weighted by atomic mass is 32.1. The van der Waals surface area contributed by atoms with Crippen molar-refractivity contribution in [2.75, 3.05) is 11.9 Å². The Bertz CT molecular complexity index is 1160. The van der Waals surface area contributed by atoms with Gasteiger partial charge in [-0.3, -0.25) is 9.78 Å². The molecule has 126 valence electrons. The summed E-state index contributed by atoms with van der Waals surface area (Å²) in [6.45, 7) is 1.17. The number of nitrogens with zero attached hydrogens (tertiary/aromatic N) is 3. The summed E-state index contributed by atoms with van der Waals surface area (Å²) in [4.78, 5) is 34.7. The van der Waals surface area contributed by atoms with Crippen LogP contribution in [0.3, 0.4) is 0 Å². The lowest BCUT2D eigenvalue weighted by Gasteiger charge is -2.08. The fourth-order valence-corrected chi connectivity index (χ4v) is 3.81. The Balaban J connectivity index is 1.51. The number of nitrogens with one attached hydrogen (secondary N) is 2. The van der Waals surface area contributed by atoms with E-state index >= 15 is 0 Å². The van der Waals surface area contributed by atoms with Gasteiger partial charge in [-0.05, 0) is 12.5 Å². The lowest BCUT2D eigenvalue weighted by Crippen LogP contribution is -2.29. The molecule has 0 aliphatic heterocycles. The van der Waals surface area contributed by atoms with Crippen molar-refractivity contribution in [2.24, 2.45) is 0 Å². The molecule has 4 rings (SSSR count). The molecule has 0 saturated heterocycles. The third-order valence-corrected chi connectivity index (χ3v) is 5.02. The van der Waals surface area contributed by atoms with Gasteiger partial charge in [0.2, 0.25) is 0 Å². The van der Waals surface area contributed by atoms with E-state index in [-0.39, 0.29) is 11.2 Å². The second kappa shape index (κ2) is 6.48. The maximum absolute atomic E-state index is 11.7. The first-order chi connectivity index (χ1) is 12.2. The zero-order valence-electron chi connectivity index (χ0n) is 13.2. The van der Waals surface area contributed by atoms with Crippen molar-refractivity contribution in [2.45, 2.75) is 13.0 Å². The van der Waals surface area contributed by atoms with E-state index < -0.39 is 0 Å². The molecule has 1 aromatic carbocycles. The Morgan fingerprint density at radius 3 is 2.92 bits per heavy atom. The summed E-state index contributed by atoms with van der Waals surface area (Å²) in [5.74, 6) is 0.802. The number of rotatable bonds is 5. The largest absolute Gasteiger partial charge is 0.369 e. The van der Waals surface area contributed by atoms with Crippen molar-refractivity contribution in [1.82, 2.24) is 19.5 Å². The van der Waals surface area contributed by atoms with E-state index in [1.807, 2.05) is 12.1 Å². The molecule has 8 heteroatoms. The first-order valence-electron chi connectivity index (χ1n) is 7.88. The highest BCUT2D eigenvalue weighted by molar-refractivity contribution is 7.25. The summed E-state index contributed by atoms with van der Waals surface area (Å²) in [5.41, 5.74) is -0.771. The smallest absolute Gasteiger partial charge is 0.328 e. The standard InChI is InChI=1S/C17H15N5O2S/c23-13-6-9-22(17(24)21-13)8-3-7-18-15-14-11-4-1-2-5-12(11)25-16(14)20-10-19-15/h1-2,4-6,9-10H,3,7-8H2,(H,18,19,20)(H,21,23,24). The van der Waals surface area contributed by atoms with E-state index in [1.165, 1.54) is 21.5 Å². The summed E-state index contributed by atoms with van der Waals surface area (Å²) >= 11 is 1.64. The molecule has 3 heterocycles. The van der Waals surface area contributed by atoms with Gasteiger partial charge in [0.05, 0.1) is 5.39 Å². The van der Waals surface area contributed by atoms with Crippen LogP contribution in [0.1, 0.15) is 6.42 Å². The zero-order chi connectivity index (χ0) is 17.2. The van der Waals surface area contributed by atoms with Crippen LogP contribution in [0.5, 0.6) is 0 Å². The molecule has 0 unspecified atom stereocenters. The quantitative estimate of drug-likeness (QED) is 0.537. The predicted octanol–water partition coefficient (Wildman–Crippen LogP) is 2.20. The summed E-state index contributed by atoms with van der Waals surface area (Å²) in [6, 6.07) is 9.52. The minimum atomic E-state index is -0.388. The molecule has 3 aromatic heterocycles. The number of aryl methyl sites for hydroxylation is 1. The van der Waals surface area contributed by atoms with E-state index in [1.54, 1.807) is 17.7 Å². The highest BCUT2D eigenvalue weighted by Crippen LogP contribution is 2.35. The lowest BCUT2D eigenvalue weighted by molar-refractivity contribution is 0.619. The summed E-state index contributed by atoms with van der Waals surface area (Å²) in [5, 5.41) is 5.51. The van der Waals surface area contributed by atoms with Crippen LogP contribution in [0, 0.1) is 0 Å². The maximum Gasteiger partial charge on any atom is 0.328 e. The van der Waals surface area contributed by atoms with Crippen LogP contribution in [0.25, 0.3) is 20.3 Å². The molecule has 4 aromatic rings. The van der Waals surface area contributed by atoms with Crippen molar-refractivity contribution >= 4 is 37.5 Å². The normalized spacial score (nSPS) is 11.2. The lowest BCUT2D eigenvalue weighted by atomic mass is 10.2. The fraction of sp³-hybridized carbons (Fsp3) is 0.176. The van der Waals surface area contributed by atoms with Crippen molar-refractivity contribution in [3.05, 3.63) is 63.7 Å². The van der Waals surface area contributed by atoms with E-state index in [0.29, 0.717) is 13.1 Å². The molecule has 0 radical (unpaired) electrons. The van der Waals surface area contributed by atoms with Crippen molar-refractivity contribution in [3.63, 3.8) is 0 Å². The number of fused-ring (bicyclic) bond motifs is 3. The molecule has 0 amide bonds. The average molecular weight is 353 g/mol. The van der Waals surface area contributed by atoms with Crippen LogP contribution < -0.4 is 16.6 Å². The molecule has 7 nitrogen and oxygen atoms in total. The number of benzene rings is 1. The first-order valence-corrected chi connectivity index (χ1v) is 8.70. The molecule has 0 aliphatic carbocycles. The number of hydrogen-bond donors (Lipinski definition) is 2. The van der Waals surface area contributed by atoms with Gasteiger partial charge in [0.1, 0.15) is 17.0 Å². The second-order valence-electron chi connectivity index (χ2n) is 5.58. The van der Waals surface area contributed by atoms with Crippen molar-refractivity contribution in [1.29, 1.82) is 0 Å². The minimum absolute atomic E-state index is 0.382. The number of thiophene rings is 1. The molecular weight excluding hydrogens is 338 g/mol. The first kappa shape index (κ1) is 15.5. The van der Waals surface area contributed by atoms with Crippen LogP contribution in [-0.4, -0.2) is 26.1 Å². The maximum atomic E-state index is 11.7. The Morgan fingerprint density at radius 2 is 2.04 bits per heavy atom. The average Bonchev–Trinajstić information content (AvgIpc) is 2.99. The molecular formula is C17H15N5O2S. The summed E-state index contributed by atoms with van der Waals surface area (Å²) in [6.07, 6.45) is 3.79. The third-order valence-electron chi connectivity index (χ3n) is 3.94. The summed E-state index contributed by atoms with van der Waals surface area (Å²) in [7, 11) is 0. The molecule has 0 saturated carbocycles. The molecule has 0 bridgehead atoms. The van der Waals surface area contributed by atoms with Gasteiger partial charge in [0.25, 0.3) is 5.56 Å². The van der Waals surface area contributed by atoms with Gasteiger partial charge in [-0.1, -0.05) is 18.2 Å². The van der Waals surface area contributed by atoms with Crippen LogP contribution in [0.15, 0.2) is 52.4 Å². The molecule has 0 atom stereocenters. The van der Waals surface area contributed by atoms with Gasteiger partial charge in [-0.15, -0.1) is 11.3 Å². The van der Waals surface area contributed by atoms with E-state index in [2.05, 4.69) is 32.4 Å². The van der Waals surface area contributed by atoms with E-state index in [9.17, 15) is 9.59 Å². The second-order valence-corrected chi connectivity index (χ2v) is 6.62. The van der Waals surface area contributed by atoms with E-state index in [4.69, 9.17) is 0 Å². The van der Waals surface area contributed by atoms with Gasteiger partial charge in [-0.2, -0.15) is 0 Å². The Labute approximate surface area is 146 Å². The van der Waals surface area contributed by atoms with Gasteiger partial charge < -0.3 is 9.88 Å².